The molecule has 1 N–H and O–H groups in total. The Bertz CT molecular complexity index is 1230. The highest BCUT2D eigenvalue weighted by Gasteiger charge is 2.12. The maximum Gasteiger partial charge on any atom is 0.0463 e. The zero-order chi connectivity index (χ0) is 21.6. The van der Waals surface area contributed by atoms with Crippen LogP contribution in [0.15, 0.2) is 140 Å². The number of nitrogens with zero attached hydrogens (tertiary/aromatic N) is 1. The molecule has 0 radical (unpaired) electrons. The normalized spacial score (nSPS) is 10.5. The summed E-state index contributed by atoms with van der Waals surface area (Å²) < 4.78 is 0. The average Bonchev–Trinajstić information content (AvgIpc) is 2.87. The van der Waals surface area contributed by atoms with Gasteiger partial charge in [0.15, 0.2) is 0 Å². The van der Waals surface area contributed by atoms with E-state index in [0.717, 1.165) is 28.4 Å². The van der Waals surface area contributed by atoms with Crippen LogP contribution in [0.25, 0.3) is 11.1 Å². The summed E-state index contributed by atoms with van der Waals surface area (Å²) in [7, 11) is 0. The molecule has 5 aromatic rings. The van der Waals surface area contributed by atoms with Crippen LogP contribution in [0.2, 0.25) is 0 Å². The third kappa shape index (κ3) is 4.26. The molecule has 0 spiro atoms. The fraction of sp³-hybridized carbons (Fsp3) is 0. The molecule has 0 aromatic heterocycles. The number of nitrogens with one attached hydrogen (secondary N) is 1. The van der Waals surface area contributed by atoms with Crippen molar-refractivity contribution in [1.29, 1.82) is 0 Å². The summed E-state index contributed by atoms with van der Waals surface area (Å²) in [5.74, 6) is 0. The molecule has 2 nitrogen and oxygen atoms in total. The van der Waals surface area contributed by atoms with Gasteiger partial charge in [-0.15, -0.1) is 0 Å². The molecule has 0 aliphatic heterocycles. The summed E-state index contributed by atoms with van der Waals surface area (Å²) >= 11 is 0. The lowest BCUT2D eigenvalue weighted by atomic mass is 10.0. The summed E-state index contributed by atoms with van der Waals surface area (Å²) in [6.07, 6.45) is 0. The maximum atomic E-state index is 3.55. The monoisotopic (exact) mass is 412 g/mol. The molecule has 0 saturated heterocycles. The van der Waals surface area contributed by atoms with Crippen LogP contribution in [0.4, 0.5) is 28.4 Å². The van der Waals surface area contributed by atoms with Gasteiger partial charge in [-0.1, -0.05) is 84.9 Å². The SMILES string of the molecule is c1ccc(Nc2ccccc2-c2ccc(N(c3ccccc3)c3ccccc3)cc2)cc1. The van der Waals surface area contributed by atoms with Gasteiger partial charge in [-0.05, 0) is 60.2 Å². The Morgan fingerprint density at radius 1 is 0.406 bits per heavy atom. The number of para-hydroxylation sites is 4. The van der Waals surface area contributed by atoms with Crippen LogP contribution < -0.4 is 10.2 Å². The van der Waals surface area contributed by atoms with E-state index in [1.54, 1.807) is 0 Å². The first kappa shape index (κ1) is 19.7. The molecular formula is C30H24N2. The average molecular weight is 413 g/mol. The van der Waals surface area contributed by atoms with Gasteiger partial charge in [0.1, 0.15) is 0 Å². The van der Waals surface area contributed by atoms with Gasteiger partial charge in [0, 0.05) is 34.0 Å². The van der Waals surface area contributed by atoms with E-state index in [1.807, 2.05) is 30.3 Å². The van der Waals surface area contributed by atoms with E-state index in [4.69, 9.17) is 0 Å². The predicted molar refractivity (Wildman–Crippen MR) is 136 cm³/mol. The smallest absolute Gasteiger partial charge is 0.0463 e. The fourth-order valence-corrected chi connectivity index (χ4v) is 3.91. The zero-order valence-corrected chi connectivity index (χ0v) is 17.7. The molecular weight excluding hydrogens is 388 g/mol. The highest BCUT2D eigenvalue weighted by atomic mass is 15.1. The van der Waals surface area contributed by atoms with E-state index in [2.05, 4.69) is 119 Å². The Labute approximate surface area is 189 Å². The summed E-state index contributed by atoms with van der Waals surface area (Å²) in [5, 5.41) is 3.55. The first-order valence-electron chi connectivity index (χ1n) is 10.8. The Morgan fingerprint density at radius 2 is 0.875 bits per heavy atom. The minimum Gasteiger partial charge on any atom is -0.355 e. The van der Waals surface area contributed by atoms with E-state index in [0.29, 0.717) is 0 Å². The molecule has 0 aliphatic carbocycles. The van der Waals surface area contributed by atoms with Crippen molar-refractivity contribution < 1.29 is 0 Å². The van der Waals surface area contributed by atoms with E-state index in [-0.39, 0.29) is 0 Å². The molecule has 0 unspecified atom stereocenters. The quantitative estimate of drug-likeness (QED) is 0.300. The molecule has 154 valence electrons. The molecule has 0 fully saturated rings. The number of benzene rings is 5. The predicted octanol–water partition coefficient (Wildman–Crippen LogP) is 8.57. The largest absolute Gasteiger partial charge is 0.355 e. The molecule has 5 rings (SSSR count). The van der Waals surface area contributed by atoms with Crippen LogP contribution in [0, 0.1) is 0 Å². The second-order valence-corrected chi connectivity index (χ2v) is 7.59. The van der Waals surface area contributed by atoms with Gasteiger partial charge >= 0.3 is 0 Å². The molecule has 5 aromatic carbocycles. The number of anilines is 5. The lowest BCUT2D eigenvalue weighted by molar-refractivity contribution is 1.28. The first-order valence-corrected chi connectivity index (χ1v) is 10.8. The number of hydrogen-bond acceptors (Lipinski definition) is 2. The van der Waals surface area contributed by atoms with E-state index < -0.39 is 0 Å². The molecule has 0 aliphatic rings. The van der Waals surface area contributed by atoms with Gasteiger partial charge in [0.2, 0.25) is 0 Å². The fourth-order valence-electron chi connectivity index (χ4n) is 3.91. The van der Waals surface area contributed by atoms with Crippen LogP contribution in [-0.2, 0) is 0 Å². The van der Waals surface area contributed by atoms with Crippen molar-refractivity contribution in [2.24, 2.45) is 0 Å². The van der Waals surface area contributed by atoms with Crippen LogP contribution in [-0.4, -0.2) is 0 Å². The maximum absolute atomic E-state index is 3.55. The molecule has 0 atom stereocenters. The topological polar surface area (TPSA) is 15.3 Å². The Balaban J connectivity index is 1.50. The van der Waals surface area contributed by atoms with Gasteiger partial charge in [-0.3, -0.25) is 0 Å². The highest BCUT2D eigenvalue weighted by Crippen LogP contribution is 2.36. The van der Waals surface area contributed by atoms with Crippen molar-refractivity contribution in [3.63, 3.8) is 0 Å². The van der Waals surface area contributed by atoms with Crippen molar-refractivity contribution in [1.82, 2.24) is 0 Å². The Kier molecular flexibility index (Phi) is 5.67. The Morgan fingerprint density at radius 3 is 1.47 bits per heavy atom. The standard InChI is InChI=1S/C30H24N2/c1-4-12-25(13-5-1)31-30-19-11-10-18-29(30)24-20-22-28(23-21-24)32(26-14-6-2-7-15-26)27-16-8-3-9-17-27/h1-23,31H. The molecule has 0 heterocycles. The first-order chi connectivity index (χ1) is 15.9. The van der Waals surface area contributed by atoms with Gasteiger partial charge < -0.3 is 10.2 Å². The van der Waals surface area contributed by atoms with Crippen molar-refractivity contribution >= 4 is 28.4 Å². The van der Waals surface area contributed by atoms with Crippen molar-refractivity contribution in [2.45, 2.75) is 0 Å². The minimum atomic E-state index is 1.08. The third-order valence-corrected chi connectivity index (χ3v) is 5.45. The van der Waals surface area contributed by atoms with Crippen LogP contribution in [0.3, 0.4) is 0 Å². The van der Waals surface area contributed by atoms with E-state index >= 15 is 0 Å². The molecule has 0 bridgehead atoms. The molecule has 2 heteroatoms. The number of rotatable bonds is 6. The summed E-state index contributed by atoms with van der Waals surface area (Å²) in [6, 6.07) is 48.4. The van der Waals surface area contributed by atoms with Gasteiger partial charge in [0.05, 0.1) is 0 Å². The van der Waals surface area contributed by atoms with Gasteiger partial charge in [0.25, 0.3) is 0 Å². The van der Waals surface area contributed by atoms with Gasteiger partial charge in [-0.2, -0.15) is 0 Å². The van der Waals surface area contributed by atoms with Crippen molar-refractivity contribution in [2.75, 3.05) is 10.2 Å². The van der Waals surface area contributed by atoms with E-state index in [1.165, 1.54) is 11.1 Å². The molecule has 32 heavy (non-hydrogen) atoms. The summed E-state index contributed by atoms with van der Waals surface area (Å²) in [5.41, 5.74) is 7.92. The molecule has 0 amide bonds. The third-order valence-electron chi connectivity index (χ3n) is 5.45. The molecule has 0 saturated carbocycles. The highest BCUT2D eigenvalue weighted by molar-refractivity contribution is 5.83. The summed E-state index contributed by atoms with van der Waals surface area (Å²) in [4.78, 5) is 2.28. The second kappa shape index (κ2) is 9.23. The van der Waals surface area contributed by atoms with Crippen LogP contribution >= 0.6 is 0 Å². The number of hydrogen-bond donors (Lipinski definition) is 1. The van der Waals surface area contributed by atoms with Crippen molar-refractivity contribution in [3.8, 4) is 11.1 Å². The minimum absolute atomic E-state index is 1.08. The lowest BCUT2D eigenvalue weighted by Gasteiger charge is -2.25. The zero-order valence-electron chi connectivity index (χ0n) is 17.7. The van der Waals surface area contributed by atoms with Gasteiger partial charge in [-0.25, -0.2) is 0 Å². The second-order valence-electron chi connectivity index (χ2n) is 7.59. The van der Waals surface area contributed by atoms with Crippen LogP contribution in [0.5, 0.6) is 0 Å². The lowest BCUT2D eigenvalue weighted by Crippen LogP contribution is -2.09. The van der Waals surface area contributed by atoms with Crippen LogP contribution in [0.1, 0.15) is 0 Å². The van der Waals surface area contributed by atoms with E-state index in [9.17, 15) is 0 Å². The van der Waals surface area contributed by atoms with Crippen molar-refractivity contribution in [3.05, 3.63) is 140 Å². The summed E-state index contributed by atoms with van der Waals surface area (Å²) in [6.45, 7) is 0. The Hall–Kier alpha value is -4.30.